The Morgan fingerprint density at radius 3 is 2.65 bits per heavy atom. The number of carbonyl (C=O) groups excluding carboxylic acids is 2. The molecule has 2 aromatic carbocycles. The van der Waals surface area contributed by atoms with Crippen LogP contribution in [0.15, 0.2) is 41.6 Å². The number of anilines is 2. The van der Waals surface area contributed by atoms with Gasteiger partial charge in [0.15, 0.2) is 16.7 Å². The summed E-state index contributed by atoms with van der Waals surface area (Å²) in [7, 11) is 0. The molecule has 1 atom stereocenters. The quantitative estimate of drug-likeness (QED) is 0.469. The number of rotatable bonds is 8. The highest BCUT2D eigenvalue weighted by Gasteiger charge is 2.22. The molecule has 3 aromatic rings. The molecule has 4 rings (SSSR count). The molecule has 0 spiro atoms. The molecule has 2 heterocycles. The van der Waals surface area contributed by atoms with Crippen LogP contribution < -0.4 is 20.1 Å². The number of aryl methyl sites for hydroxylation is 2. The van der Waals surface area contributed by atoms with E-state index in [1.54, 1.807) is 25.1 Å². The van der Waals surface area contributed by atoms with Gasteiger partial charge in [0.1, 0.15) is 5.82 Å². The second-order valence-corrected chi connectivity index (χ2v) is 9.31. The number of nitrogens with zero attached hydrogens (tertiary/aromatic N) is 3. The van der Waals surface area contributed by atoms with Gasteiger partial charge in [-0.05, 0) is 51.5 Å². The van der Waals surface area contributed by atoms with Gasteiger partial charge in [0.25, 0.3) is 0 Å². The van der Waals surface area contributed by atoms with Crippen LogP contribution >= 0.6 is 11.8 Å². The molecule has 10 heteroatoms. The van der Waals surface area contributed by atoms with Crippen LogP contribution in [0.4, 0.5) is 11.4 Å². The van der Waals surface area contributed by atoms with Crippen molar-refractivity contribution in [2.24, 2.45) is 0 Å². The molecule has 2 amide bonds. The number of aromatic nitrogens is 3. The first kappa shape index (κ1) is 23.6. The lowest BCUT2D eigenvalue weighted by atomic mass is 10.1. The van der Waals surface area contributed by atoms with Crippen molar-refractivity contribution in [1.29, 1.82) is 0 Å². The summed E-state index contributed by atoms with van der Waals surface area (Å²) in [5.41, 5.74) is 3.55. The minimum atomic E-state index is -0.434. The molecular formula is C24H27N5O4S. The second-order valence-electron chi connectivity index (χ2n) is 8.00. The lowest BCUT2D eigenvalue weighted by molar-refractivity contribution is -0.116. The molecule has 1 aliphatic heterocycles. The molecule has 1 aliphatic rings. The Hall–Kier alpha value is -3.53. The van der Waals surface area contributed by atoms with Crippen molar-refractivity contribution >= 4 is 35.0 Å². The highest BCUT2D eigenvalue weighted by Crippen LogP contribution is 2.34. The van der Waals surface area contributed by atoms with Crippen LogP contribution in [0.1, 0.15) is 30.8 Å². The Balaban J connectivity index is 1.38. The third-order valence-electron chi connectivity index (χ3n) is 5.38. The van der Waals surface area contributed by atoms with Gasteiger partial charge in [0, 0.05) is 24.0 Å². The lowest BCUT2D eigenvalue weighted by Crippen LogP contribution is -2.23. The van der Waals surface area contributed by atoms with E-state index in [0.29, 0.717) is 34.7 Å². The predicted octanol–water partition coefficient (Wildman–Crippen LogP) is 3.94. The zero-order valence-corrected chi connectivity index (χ0v) is 20.4. The number of hydrogen-bond donors (Lipinski definition) is 2. The van der Waals surface area contributed by atoms with Gasteiger partial charge in [-0.3, -0.25) is 9.59 Å². The van der Waals surface area contributed by atoms with E-state index in [1.807, 2.05) is 43.5 Å². The van der Waals surface area contributed by atoms with Crippen molar-refractivity contribution in [3.05, 3.63) is 53.3 Å². The normalized spacial score (nSPS) is 12.9. The van der Waals surface area contributed by atoms with Gasteiger partial charge in [-0.15, -0.1) is 10.2 Å². The number of ether oxygens (including phenoxy) is 2. The number of fused-ring (bicyclic) bond motifs is 1. The van der Waals surface area contributed by atoms with E-state index in [0.717, 1.165) is 16.8 Å². The van der Waals surface area contributed by atoms with Crippen molar-refractivity contribution in [2.75, 3.05) is 17.4 Å². The summed E-state index contributed by atoms with van der Waals surface area (Å²) in [4.78, 5) is 25.4. The first-order valence-corrected chi connectivity index (χ1v) is 11.9. The fourth-order valence-electron chi connectivity index (χ4n) is 3.58. The van der Waals surface area contributed by atoms with Crippen molar-refractivity contribution in [3.63, 3.8) is 0 Å². The maximum atomic E-state index is 12.7. The molecule has 0 saturated carbocycles. The van der Waals surface area contributed by atoms with Crippen LogP contribution in [0.3, 0.4) is 0 Å². The number of carbonyl (C=O) groups is 2. The van der Waals surface area contributed by atoms with Gasteiger partial charge in [-0.25, -0.2) is 0 Å². The molecular weight excluding hydrogens is 454 g/mol. The van der Waals surface area contributed by atoms with E-state index in [2.05, 4.69) is 20.8 Å². The van der Waals surface area contributed by atoms with Crippen LogP contribution in [0, 0.1) is 13.8 Å². The average Bonchev–Trinajstić information content (AvgIpc) is 3.41. The monoisotopic (exact) mass is 481 g/mol. The Kier molecular flexibility index (Phi) is 7.06. The predicted molar refractivity (Wildman–Crippen MR) is 130 cm³/mol. The van der Waals surface area contributed by atoms with Crippen molar-refractivity contribution < 1.29 is 19.1 Å². The molecule has 2 N–H and O–H groups in total. The van der Waals surface area contributed by atoms with E-state index in [-0.39, 0.29) is 25.0 Å². The van der Waals surface area contributed by atoms with E-state index >= 15 is 0 Å². The molecule has 34 heavy (non-hydrogen) atoms. The van der Waals surface area contributed by atoms with Crippen LogP contribution in [-0.2, 0) is 22.6 Å². The summed E-state index contributed by atoms with van der Waals surface area (Å²) in [6, 6.07) is 11.1. The van der Waals surface area contributed by atoms with Crippen LogP contribution in [0.2, 0.25) is 0 Å². The molecule has 9 nitrogen and oxygen atoms in total. The number of hydrogen-bond acceptors (Lipinski definition) is 7. The summed E-state index contributed by atoms with van der Waals surface area (Å²) >= 11 is 1.29. The highest BCUT2D eigenvalue weighted by atomic mass is 32.2. The zero-order chi connectivity index (χ0) is 24.2. The molecule has 0 unspecified atom stereocenters. The Morgan fingerprint density at radius 2 is 1.88 bits per heavy atom. The van der Waals surface area contributed by atoms with Gasteiger partial charge in [0.2, 0.25) is 18.6 Å². The second kappa shape index (κ2) is 10.2. The molecule has 0 aliphatic carbocycles. The largest absolute Gasteiger partial charge is 0.454 e. The maximum absolute atomic E-state index is 12.7. The standard InChI is InChI=1S/C24H27N5O4S/c1-5-29-21(12-22(30)26-18-8-6-14(2)10-15(18)3)27-28-24(29)34-16(4)23(31)25-17-7-9-19-20(11-17)33-13-32-19/h6-11,16H,5,12-13H2,1-4H3,(H,25,31)(H,26,30)/t16-/m0/s1. The average molecular weight is 482 g/mol. The van der Waals surface area contributed by atoms with Gasteiger partial charge < -0.3 is 24.7 Å². The van der Waals surface area contributed by atoms with E-state index < -0.39 is 5.25 Å². The molecule has 0 radical (unpaired) electrons. The van der Waals surface area contributed by atoms with Gasteiger partial charge in [-0.1, -0.05) is 29.5 Å². The topological polar surface area (TPSA) is 107 Å². The number of nitrogens with one attached hydrogen (secondary N) is 2. The SMILES string of the molecule is CCn1c(CC(=O)Nc2ccc(C)cc2C)nnc1S[C@@H](C)C(=O)Nc1ccc2c(c1)OCO2. The highest BCUT2D eigenvalue weighted by molar-refractivity contribution is 8.00. The van der Waals surface area contributed by atoms with Crippen LogP contribution in [-0.4, -0.2) is 38.6 Å². The minimum absolute atomic E-state index is 0.0898. The first-order chi connectivity index (χ1) is 16.3. The Morgan fingerprint density at radius 1 is 1.09 bits per heavy atom. The number of amides is 2. The summed E-state index contributed by atoms with van der Waals surface area (Å²) < 4.78 is 12.5. The number of thioether (sulfide) groups is 1. The summed E-state index contributed by atoms with van der Waals surface area (Å²) in [6.07, 6.45) is 0.0898. The molecule has 0 saturated heterocycles. The minimum Gasteiger partial charge on any atom is -0.454 e. The molecule has 0 bridgehead atoms. The van der Waals surface area contributed by atoms with E-state index in [9.17, 15) is 9.59 Å². The molecule has 1 aromatic heterocycles. The van der Waals surface area contributed by atoms with Crippen LogP contribution in [0.25, 0.3) is 0 Å². The van der Waals surface area contributed by atoms with Crippen LogP contribution in [0.5, 0.6) is 11.5 Å². The van der Waals surface area contributed by atoms with E-state index in [4.69, 9.17) is 9.47 Å². The van der Waals surface area contributed by atoms with Crippen molar-refractivity contribution in [3.8, 4) is 11.5 Å². The van der Waals surface area contributed by atoms with E-state index in [1.165, 1.54) is 11.8 Å². The Labute approximate surface area is 202 Å². The van der Waals surface area contributed by atoms with Gasteiger partial charge in [0.05, 0.1) is 11.7 Å². The summed E-state index contributed by atoms with van der Waals surface area (Å²) in [5.74, 6) is 1.47. The first-order valence-electron chi connectivity index (χ1n) is 11.0. The van der Waals surface area contributed by atoms with Crippen molar-refractivity contribution in [1.82, 2.24) is 14.8 Å². The smallest absolute Gasteiger partial charge is 0.237 e. The lowest BCUT2D eigenvalue weighted by Gasteiger charge is -2.13. The van der Waals surface area contributed by atoms with Gasteiger partial charge >= 0.3 is 0 Å². The zero-order valence-electron chi connectivity index (χ0n) is 19.5. The van der Waals surface area contributed by atoms with Crippen molar-refractivity contribution in [2.45, 2.75) is 51.1 Å². The summed E-state index contributed by atoms with van der Waals surface area (Å²) in [6.45, 7) is 8.49. The third-order valence-corrected chi connectivity index (χ3v) is 6.46. The Bertz CT molecular complexity index is 1230. The fourth-order valence-corrected chi connectivity index (χ4v) is 4.51. The van der Waals surface area contributed by atoms with Gasteiger partial charge in [-0.2, -0.15) is 0 Å². The maximum Gasteiger partial charge on any atom is 0.237 e. The number of benzene rings is 2. The molecule has 178 valence electrons. The summed E-state index contributed by atoms with van der Waals surface area (Å²) in [5, 5.41) is 14.4. The molecule has 0 fully saturated rings. The third kappa shape index (κ3) is 5.33. The fraction of sp³-hybridized carbons (Fsp3) is 0.333.